The molecule has 0 aliphatic carbocycles. The minimum atomic E-state index is -0.789. The summed E-state index contributed by atoms with van der Waals surface area (Å²) in [5.41, 5.74) is 4.67. The lowest BCUT2D eigenvalue weighted by molar-refractivity contribution is 0.0727. The number of carbonyl (C=O) groups is 1. The van der Waals surface area contributed by atoms with Crippen molar-refractivity contribution in [3.8, 4) is 22.9 Å². The van der Waals surface area contributed by atoms with E-state index in [2.05, 4.69) is 10.2 Å². The molecule has 0 saturated heterocycles. The first-order valence-electron chi connectivity index (χ1n) is 15.1. The summed E-state index contributed by atoms with van der Waals surface area (Å²) in [5.74, 6) is -0.747. The van der Waals surface area contributed by atoms with Crippen LogP contribution < -0.4 is 20.6 Å². The third-order valence-electron chi connectivity index (χ3n) is 8.01. The van der Waals surface area contributed by atoms with Crippen molar-refractivity contribution in [2.45, 2.75) is 33.6 Å². The summed E-state index contributed by atoms with van der Waals surface area (Å²) < 4.78 is 14.8. The molecule has 0 atom stereocenters. The van der Waals surface area contributed by atoms with Gasteiger partial charge in [-0.2, -0.15) is 0 Å². The maximum absolute atomic E-state index is 14.2. The summed E-state index contributed by atoms with van der Waals surface area (Å²) in [6.45, 7) is 7.62. The van der Waals surface area contributed by atoms with E-state index in [1.54, 1.807) is 30.3 Å². The van der Waals surface area contributed by atoms with Crippen molar-refractivity contribution >= 4 is 5.97 Å². The van der Waals surface area contributed by atoms with E-state index in [4.69, 9.17) is 9.47 Å². The number of benzene rings is 4. The molecule has 0 fully saturated rings. The van der Waals surface area contributed by atoms with E-state index in [1.807, 2.05) is 100 Å². The monoisotopic (exact) mass is 614 g/mol. The predicted molar refractivity (Wildman–Crippen MR) is 177 cm³/mol. The highest BCUT2D eigenvalue weighted by Crippen LogP contribution is 2.38. The molecule has 0 unspecified atom stereocenters. The van der Waals surface area contributed by atoms with Gasteiger partial charge in [0.25, 0.3) is 11.1 Å². The second kappa shape index (κ2) is 12.6. The van der Waals surface area contributed by atoms with Gasteiger partial charge in [0.2, 0.25) is 0 Å². The van der Waals surface area contributed by atoms with Crippen LogP contribution in [0.4, 0.5) is 0 Å². The fourth-order valence-electron chi connectivity index (χ4n) is 5.81. The molecule has 6 aromatic rings. The van der Waals surface area contributed by atoms with E-state index in [0.717, 1.165) is 5.56 Å². The molecule has 2 N–H and O–H groups in total. The van der Waals surface area contributed by atoms with Gasteiger partial charge in [0.05, 0.1) is 34.7 Å². The lowest BCUT2D eigenvalue weighted by Crippen LogP contribution is -2.25. The zero-order valence-electron chi connectivity index (χ0n) is 26.0. The molecule has 0 amide bonds. The number of carbonyl (C=O) groups excluding carboxylic acids is 1. The largest absolute Gasteiger partial charge is 0.490 e. The van der Waals surface area contributed by atoms with Crippen molar-refractivity contribution in [1.29, 1.82) is 0 Å². The molecule has 0 saturated carbocycles. The van der Waals surface area contributed by atoms with E-state index in [1.165, 1.54) is 9.36 Å². The Morgan fingerprint density at radius 2 is 1.22 bits per heavy atom. The molecule has 2 heterocycles. The molecular weight excluding hydrogens is 580 g/mol. The van der Waals surface area contributed by atoms with E-state index >= 15 is 0 Å². The highest BCUT2D eigenvalue weighted by molar-refractivity contribution is 5.92. The maximum atomic E-state index is 14.2. The Morgan fingerprint density at radius 3 is 1.74 bits per heavy atom. The number of para-hydroxylation sites is 2. The van der Waals surface area contributed by atoms with Crippen molar-refractivity contribution < 1.29 is 14.3 Å². The molecule has 0 bridgehead atoms. The lowest BCUT2D eigenvalue weighted by atomic mass is 9.85. The Kier molecular flexibility index (Phi) is 8.31. The van der Waals surface area contributed by atoms with Crippen LogP contribution >= 0.6 is 0 Å². The average molecular weight is 615 g/mol. The fraction of sp³-hybridized carbons (Fsp3) is 0.162. The molecule has 9 heteroatoms. The third-order valence-corrected chi connectivity index (χ3v) is 8.01. The van der Waals surface area contributed by atoms with Gasteiger partial charge < -0.3 is 9.47 Å². The Labute approximate surface area is 265 Å². The van der Waals surface area contributed by atoms with Gasteiger partial charge in [0, 0.05) is 17.3 Å². The molecule has 0 spiro atoms. The second-order valence-corrected chi connectivity index (χ2v) is 11.0. The van der Waals surface area contributed by atoms with Crippen LogP contribution in [0.15, 0.2) is 113 Å². The van der Waals surface area contributed by atoms with E-state index in [0.29, 0.717) is 57.4 Å². The summed E-state index contributed by atoms with van der Waals surface area (Å²) >= 11 is 0. The fourth-order valence-corrected chi connectivity index (χ4v) is 5.81. The summed E-state index contributed by atoms with van der Waals surface area (Å²) in [4.78, 5) is 41.5. The number of esters is 1. The van der Waals surface area contributed by atoms with Crippen LogP contribution in [0.25, 0.3) is 11.4 Å². The Hall–Kier alpha value is -5.83. The highest BCUT2D eigenvalue weighted by Gasteiger charge is 2.32. The zero-order valence-corrected chi connectivity index (χ0v) is 26.0. The first kappa shape index (κ1) is 30.2. The van der Waals surface area contributed by atoms with Gasteiger partial charge in [-0.15, -0.1) is 0 Å². The minimum absolute atomic E-state index is 0.234. The molecule has 2 aromatic heterocycles. The molecule has 46 heavy (non-hydrogen) atoms. The first-order valence-corrected chi connectivity index (χ1v) is 15.1. The Morgan fingerprint density at radius 1 is 0.696 bits per heavy atom. The normalized spacial score (nSPS) is 11.2. The van der Waals surface area contributed by atoms with Crippen LogP contribution in [-0.2, 0) is 0 Å². The van der Waals surface area contributed by atoms with Crippen molar-refractivity contribution in [1.82, 2.24) is 19.6 Å². The van der Waals surface area contributed by atoms with Crippen molar-refractivity contribution in [3.05, 3.63) is 163 Å². The summed E-state index contributed by atoms with van der Waals surface area (Å²) in [6.07, 6.45) is 0. The number of aromatic amines is 2. The number of rotatable bonds is 9. The number of aromatic nitrogens is 4. The number of ether oxygens (including phenoxy) is 2. The topological polar surface area (TPSA) is 111 Å². The van der Waals surface area contributed by atoms with Crippen molar-refractivity contribution in [3.63, 3.8) is 0 Å². The average Bonchev–Trinajstić information content (AvgIpc) is 3.53. The number of nitrogens with one attached hydrogen (secondary N) is 2. The van der Waals surface area contributed by atoms with Gasteiger partial charge in [-0.25, -0.2) is 14.2 Å². The third kappa shape index (κ3) is 5.59. The van der Waals surface area contributed by atoms with Crippen LogP contribution in [0, 0.1) is 20.8 Å². The zero-order chi connectivity index (χ0) is 32.4. The quantitative estimate of drug-likeness (QED) is 0.145. The van der Waals surface area contributed by atoms with E-state index in [-0.39, 0.29) is 16.9 Å². The van der Waals surface area contributed by atoms with Gasteiger partial charge in [0.1, 0.15) is 0 Å². The second-order valence-electron chi connectivity index (χ2n) is 11.0. The van der Waals surface area contributed by atoms with Crippen LogP contribution in [0.3, 0.4) is 0 Å². The van der Waals surface area contributed by atoms with Gasteiger partial charge in [-0.3, -0.25) is 19.8 Å². The van der Waals surface area contributed by atoms with Crippen LogP contribution in [0.2, 0.25) is 0 Å². The van der Waals surface area contributed by atoms with Gasteiger partial charge in [-0.1, -0.05) is 60.7 Å². The van der Waals surface area contributed by atoms with Crippen LogP contribution in [0.1, 0.15) is 56.8 Å². The highest BCUT2D eigenvalue weighted by atomic mass is 16.6. The van der Waals surface area contributed by atoms with E-state index in [9.17, 15) is 14.4 Å². The first-order chi connectivity index (χ1) is 22.3. The minimum Gasteiger partial charge on any atom is -0.490 e. The smallest absolute Gasteiger partial charge is 0.343 e. The molecule has 9 nitrogen and oxygen atoms in total. The van der Waals surface area contributed by atoms with Gasteiger partial charge in [-0.05, 0) is 81.3 Å². The number of aryl methyl sites for hydroxylation is 3. The van der Waals surface area contributed by atoms with Crippen LogP contribution in [-0.4, -0.2) is 32.1 Å². The molecule has 0 aliphatic heterocycles. The summed E-state index contributed by atoms with van der Waals surface area (Å²) in [6, 6.07) is 30.9. The number of hydrogen-bond donors (Lipinski definition) is 2. The number of nitrogens with zero attached hydrogens (tertiary/aromatic N) is 2. The summed E-state index contributed by atoms with van der Waals surface area (Å²) in [5, 5.41) is 6.42. The van der Waals surface area contributed by atoms with Gasteiger partial charge in [0.15, 0.2) is 11.5 Å². The molecule has 6 rings (SSSR count). The Bertz CT molecular complexity index is 2040. The molecular formula is C37H34N4O5. The predicted octanol–water partition coefficient (Wildman–Crippen LogP) is 6.37. The molecule has 4 aromatic carbocycles. The lowest BCUT2D eigenvalue weighted by Gasteiger charge is -2.19. The maximum Gasteiger partial charge on any atom is 0.343 e. The number of hydrogen-bond acceptors (Lipinski definition) is 5. The van der Waals surface area contributed by atoms with Crippen LogP contribution in [0.5, 0.6) is 11.5 Å². The molecule has 0 aliphatic rings. The number of H-pyrrole nitrogens is 2. The summed E-state index contributed by atoms with van der Waals surface area (Å²) in [7, 11) is 0. The SMILES string of the molecule is CCOc1cc(C(c2c(C)[nH]n(-c3ccccc3)c2=O)c2c(C)[nH]n(-c3ccccc3)c2=O)ccc1OC(=O)c1ccccc1C. The van der Waals surface area contributed by atoms with Crippen molar-refractivity contribution in [2.24, 2.45) is 0 Å². The standard InChI is InChI=1S/C37H34N4O5/c1-5-45-31-22-26(20-21-30(31)46-37(44)29-19-13-12-14-23(29)2)34(32-24(3)38-40(35(32)42)27-15-8-6-9-16-27)33-25(4)39-41(36(33)43)28-17-10-7-11-18-28/h6-22,34,38-39H,5H2,1-4H3. The molecule has 0 radical (unpaired) electrons. The molecule has 232 valence electrons. The van der Waals surface area contributed by atoms with Gasteiger partial charge >= 0.3 is 5.97 Å². The van der Waals surface area contributed by atoms with E-state index < -0.39 is 11.9 Å². The van der Waals surface area contributed by atoms with Crippen molar-refractivity contribution in [2.75, 3.05) is 6.61 Å². The Balaban J connectivity index is 1.53.